The number of hydrogen-bond acceptors (Lipinski definition) is 3. The highest BCUT2D eigenvalue weighted by molar-refractivity contribution is 5.87. The van der Waals surface area contributed by atoms with Gasteiger partial charge in [-0.15, -0.1) is 0 Å². The zero-order chi connectivity index (χ0) is 11.5. The first-order valence-corrected chi connectivity index (χ1v) is 5.14. The van der Waals surface area contributed by atoms with Crippen molar-refractivity contribution in [2.24, 2.45) is 0 Å². The fourth-order valence-electron chi connectivity index (χ4n) is 1.83. The predicted octanol–water partition coefficient (Wildman–Crippen LogP) is 1.44. The van der Waals surface area contributed by atoms with Crippen molar-refractivity contribution in [1.82, 2.24) is 5.32 Å². The molecule has 1 heterocycles. The molecule has 4 nitrogen and oxygen atoms in total. The summed E-state index contributed by atoms with van der Waals surface area (Å²) in [5.74, 6) is -0.704. The summed E-state index contributed by atoms with van der Waals surface area (Å²) in [6.07, 6.45) is 2.17. The number of carbonyl (C=O) groups is 1. The summed E-state index contributed by atoms with van der Waals surface area (Å²) in [6, 6.07) is 6.72. The normalized spacial score (nSPS) is 20.2. The molecule has 0 aliphatic carbocycles. The number of benzene rings is 1. The average Bonchev–Trinajstić information content (AvgIpc) is 2.30. The Kier molecular flexibility index (Phi) is 2.92. The van der Waals surface area contributed by atoms with Gasteiger partial charge in [0.2, 0.25) is 0 Å². The average molecular weight is 219 g/mol. The molecule has 0 aromatic heterocycles. The van der Waals surface area contributed by atoms with Crippen molar-refractivity contribution in [3.8, 4) is 5.75 Å². The summed E-state index contributed by atoms with van der Waals surface area (Å²) < 4.78 is 0. The summed E-state index contributed by atoms with van der Waals surface area (Å²) in [7, 11) is 0. The summed E-state index contributed by atoms with van der Waals surface area (Å²) in [5, 5.41) is 21.7. The zero-order valence-corrected chi connectivity index (χ0v) is 8.68. The van der Waals surface area contributed by atoms with Crippen LogP contribution in [-0.2, 0) is 4.79 Å². The lowest BCUT2D eigenvalue weighted by molar-refractivity contribution is -0.132. The molecule has 1 atom stereocenters. The molecule has 0 bridgehead atoms. The molecule has 3 N–H and O–H groups in total. The fraction of sp³-hybridized carbons (Fsp3) is 0.250. The van der Waals surface area contributed by atoms with Gasteiger partial charge in [0.25, 0.3) is 0 Å². The topological polar surface area (TPSA) is 69.6 Å². The molecule has 1 aromatic rings. The molecule has 0 saturated heterocycles. The summed E-state index contributed by atoms with van der Waals surface area (Å²) in [6.45, 7) is 0.608. The van der Waals surface area contributed by atoms with Crippen molar-refractivity contribution in [2.75, 3.05) is 6.54 Å². The van der Waals surface area contributed by atoms with E-state index in [0.29, 0.717) is 24.1 Å². The van der Waals surface area contributed by atoms with Crippen LogP contribution in [0.2, 0.25) is 0 Å². The van der Waals surface area contributed by atoms with Crippen molar-refractivity contribution >= 4 is 5.97 Å². The third-order valence-electron chi connectivity index (χ3n) is 2.67. The van der Waals surface area contributed by atoms with Gasteiger partial charge >= 0.3 is 5.97 Å². The van der Waals surface area contributed by atoms with E-state index < -0.39 is 5.97 Å². The maximum atomic E-state index is 10.9. The van der Waals surface area contributed by atoms with Gasteiger partial charge in [0.05, 0.1) is 6.04 Å². The van der Waals surface area contributed by atoms with Crippen LogP contribution in [0.1, 0.15) is 18.0 Å². The van der Waals surface area contributed by atoms with E-state index in [2.05, 4.69) is 5.32 Å². The van der Waals surface area contributed by atoms with E-state index in [4.69, 9.17) is 5.11 Å². The smallest absolute Gasteiger partial charge is 0.331 e. The Morgan fingerprint density at radius 3 is 2.81 bits per heavy atom. The Morgan fingerprint density at radius 2 is 2.12 bits per heavy atom. The number of hydrogen-bond donors (Lipinski definition) is 3. The first-order valence-electron chi connectivity index (χ1n) is 5.14. The van der Waals surface area contributed by atoms with Crippen molar-refractivity contribution in [2.45, 2.75) is 12.5 Å². The van der Waals surface area contributed by atoms with Gasteiger partial charge < -0.3 is 15.5 Å². The molecule has 16 heavy (non-hydrogen) atoms. The van der Waals surface area contributed by atoms with Gasteiger partial charge in [-0.05, 0) is 12.5 Å². The summed E-state index contributed by atoms with van der Waals surface area (Å²) in [4.78, 5) is 10.9. The quantitative estimate of drug-likeness (QED) is 0.704. The van der Waals surface area contributed by atoms with Gasteiger partial charge in [0, 0.05) is 17.7 Å². The van der Waals surface area contributed by atoms with Crippen LogP contribution in [0.5, 0.6) is 5.75 Å². The number of carboxylic acids is 1. The predicted molar refractivity (Wildman–Crippen MR) is 59.2 cm³/mol. The number of para-hydroxylation sites is 1. The maximum absolute atomic E-state index is 10.9. The van der Waals surface area contributed by atoms with E-state index in [1.165, 1.54) is 0 Å². The maximum Gasteiger partial charge on any atom is 0.331 e. The Labute approximate surface area is 93.2 Å². The third kappa shape index (κ3) is 2.06. The molecule has 0 amide bonds. The second kappa shape index (κ2) is 4.37. The molecule has 4 heteroatoms. The Hall–Kier alpha value is -1.81. The van der Waals surface area contributed by atoms with E-state index >= 15 is 0 Å². The summed E-state index contributed by atoms with van der Waals surface area (Å²) >= 11 is 0. The number of rotatable bonds is 2. The van der Waals surface area contributed by atoms with Crippen molar-refractivity contribution < 1.29 is 15.0 Å². The van der Waals surface area contributed by atoms with Gasteiger partial charge in [-0.1, -0.05) is 24.3 Å². The van der Waals surface area contributed by atoms with Crippen LogP contribution in [0.4, 0.5) is 0 Å². The van der Waals surface area contributed by atoms with E-state index in [0.717, 1.165) is 0 Å². The molecule has 0 fully saturated rings. The minimum absolute atomic E-state index is 0.183. The van der Waals surface area contributed by atoms with Crippen molar-refractivity contribution in [1.29, 1.82) is 0 Å². The second-order valence-corrected chi connectivity index (χ2v) is 3.74. The first kappa shape index (κ1) is 10.7. The van der Waals surface area contributed by atoms with Crippen LogP contribution in [0, 0.1) is 0 Å². The van der Waals surface area contributed by atoms with Crippen molar-refractivity contribution in [3.05, 3.63) is 41.5 Å². The van der Waals surface area contributed by atoms with Gasteiger partial charge in [-0.3, -0.25) is 0 Å². The molecule has 84 valence electrons. The highest BCUT2D eigenvalue weighted by Crippen LogP contribution is 2.27. The molecule has 1 aromatic carbocycles. The third-order valence-corrected chi connectivity index (χ3v) is 2.67. The number of aliphatic carboxylic acids is 1. The molecule has 0 radical (unpaired) electrons. The SMILES string of the molecule is O=C(O)C1=CC(c2ccccc2O)NCC1. The monoisotopic (exact) mass is 219 g/mol. The van der Waals surface area contributed by atoms with Gasteiger partial charge in [0.1, 0.15) is 5.75 Å². The first-order chi connectivity index (χ1) is 7.68. The Morgan fingerprint density at radius 1 is 1.38 bits per heavy atom. The van der Waals surface area contributed by atoms with E-state index in [1.807, 2.05) is 6.07 Å². The lowest BCUT2D eigenvalue weighted by Crippen LogP contribution is -2.27. The molecule has 2 rings (SSSR count). The molecule has 1 aliphatic rings. The molecular formula is C12H13NO3. The van der Waals surface area contributed by atoms with Crippen LogP contribution in [0.25, 0.3) is 0 Å². The molecular weight excluding hydrogens is 206 g/mol. The Balaban J connectivity index is 2.32. The number of phenolic OH excluding ortho intramolecular Hbond substituents is 1. The molecule has 1 aliphatic heterocycles. The van der Waals surface area contributed by atoms with Crippen LogP contribution in [-0.4, -0.2) is 22.7 Å². The zero-order valence-electron chi connectivity index (χ0n) is 8.68. The Bertz CT molecular complexity index is 440. The van der Waals surface area contributed by atoms with E-state index in [-0.39, 0.29) is 11.8 Å². The van der Waals surface area contributed by atoms with Crippen LogP contribution in [0.3, 0.4) is 0 Å². The lowest BCUT2D eigenvalue weighted by atomic mass is 9.98. The number of aromatic hydroxyl groups is 1. The van der Waals surface area contributed by atoms with Crippen LogP contribution >= 0.6 is 0 Å². The molecule has 1 unspecified atom stereocenters. The minimum Gasteiger partial charge on any atom is -0.508 e. The van der Waals surface area contributed by atoms with E-state index in [1.54, 1.807) is 24.3 Å². The van der Waals surface area contributed by atoms with Crippen LogP contribution < -0.4 is 5.32 Å². The largest absolute Gasteiger partial charge is 0.508 e. The number of phenols is 1. The summed E-state index contributed by atoms with van der Waals surface area (Å²) in [5.41, 5.74) is 1.10. The molecule has 0 saturated carbocycles. The van der Waals surface area contributed by atoms with Gasteiger partial charge in [-0.2, -0.15) is 0 Å². The highest BCUT2D eigenvalue weighted by atomic mass is 16.4. The number of carboxylic acid groups (broad SMARTS) is 1. The standard InChI is InChI=1S/C12H13NO3/c14-11-4-2-1-3-9(11)10-7-8(12(15)16)5-6-13-10/h1-4,7,10,13-14H,5-6H2,(H,15,16). The molecule has 0 spiro atoms. The van der Waals surface area contributed by atoms with Gasteiger partial charge in [0.15, 0.2) is 0 Å². The van der Waals surface area contributed by atoms with Crippen LogP contribution in [0.15, 0.2) is 35.9 Å². The van der Waals surface area contributed by atoms with Gasteiger partial charge in [-0.25, -0.2) is 4.79 Å². The lowest BCUT2D eigenvalue weighted by Gasteiger charge is -2.22. The van der Waals surface area contributed by atoms with Crippen molar-refractivity contribution in [3.63, 3.8) is 0 Å². The number of nitrogens with one attached hydrogen (secondary N) is 1. The fourth-order valence-corrected chi connectivity index (χ4v) is 1.83. The minimum atomic E-state index is -0.887. The highest BCUT2D eigenvalue weighted by Gasteiger charge is 2.20. The second-order valence-electron chi connectivity index (χ2n) is 3.74. The van der Waals surface area contributed by atoms with E-state index in [9.17, 15) is 9.90 Å².